The molecule has 39 heavy (non-hydrogen) atoms. The SMILES string of the molecule is O=S(=O)(C(/C=C\c1cccc(Cl)c1Cl)c1ccc(Br)cc1)C(/C=C\c1cccc(Cl)c1Cl)c1ccc(Br)cc1. The quantitative estimate of drug-likeness (QED) is 0.180. The van der Waals surface area contributed by atoms with E-state index >= 15 is 0 Å². The van der Waals surface area contributed by atoms with Gasteiger partial charge in [0.1, 0.15) is 10.5 Å². The number of hydrogen-bond acceptors (Lipinski definition) is 2. The monoisotopic (exact) mass is 742 g/mol. The van der Waals surface area contributed by atoms with Gasteiger partial charge in [-0.15, -0.1) is 0 Å². The zero-order valence-corrected chi connectivity index (χ0v) is 27.1. The minimum absolute atomic E-state index is 0.349. The van der Waals surface area contributed by atoms with Crippen molar-refractivity contribution in [3.05, 3.63) is 148 Å². The summed E-state index contributed by atoms with van der Waals surface area (Å²) < 4.78 is 30.7. The molecule has 0 aromatic heterocycles. The second kappa shape index (κ2) is 13.4. The Labute approximate surface area is 265 Å². The number of hydrogen-bond donors (Lipinski definition) is 0. The van der Waals surface area contributed by atoms with Gasteiger partial charge in [0, 0.05) is 8.95 Å². The van der Waals surface area contributed by atoms with E-state index in [9.17, 15) is 8.42 Å². The molecule has 0 fully saturated rings. The van der Waals surface area contributed by atoms with Crippen molar-refractivity contribution < 1.29 is 8.42 Å². The molecule has 0 saturated carbocycles. The van der Waals surface area contributed by atoms with E-state index in [1.54, 1.807) is 85.0 Å². The third-order valence-electron chi connectivity index (χ3n) is 5.97. The Morgan fingerprint density at radius 3 is 1.28 bits per heavy atom. The molecule has 200 valence electrons. The van der Waals surface area contributed by atoms with E-state index in [1.807, 2.05) is 24.3 Å². The van der Waals surface area contributed by atoms with Crippen molar-refractivity contribution >= 4 is 100 Å². The largest absolute Gasteiger partial charge is 0.227 e. The van der Waals surface area contributed by atoms with Gasteiger partial charge in [0.2, 0.25) is 0 Å². The maximum Gasteiger partial charge on any atom is 0.171 e. The van der Waals surface area contributed by atoms with Crippen molar-refractivity contribution in [1.29, 1.82) is 0 Å². The minimum Gasteiger partial charge on any atom is -0.227 e. The highest BCUT2D eigenvalue weighted by atomic mass is 79.9. The highest BCUT2D eigenvalue weighted by Crippen LogP contribution is 2.39. The number of sulfone groups is 1. The average molecular weight is 746 g/mol. The first kappa shape index (κ1) is 30.4. The molecule has 0 N–H and O–H groups in total. The molecule has 4 aromatic rings. The maximum absolute atomic E-state index is 14.5. The Morgan fingerprint density at radius 2 is 0.923 bits per heavy atom. The van der Waals surface area contributed by atoms with Gasteiger partial charge in [0.15, 0.2) is 9.84 Å². The standard InChI is InChI=1S/C30H20Br2Cl4O2S/c31-23-13-7-19(8-14-23)27(17-11-21-3-1-5-25(33)29(21)35)39(37,38)28(20-9-15-24(32)16-10-20)18-12-22-4-2-6-26(34)30(22)36/h1-18,27-28H/b17-11-,18-12-. The topological polar surface area (TPSA) is 34.1 Å². The first-order chi connectivity index (χ1) is 18.6. The molecule has 4 rings (SSSR count). The lowest BCUT2D eigenvalue weighted by Crippen LogP contribution is -2.19. The first-order valence-electron chi connectivity index (χ1n) is 11.6. The Kier molecular flexibility index (Phi) is 10.4. The van der Waals surface area contributed by atoms with Crippen molar-refractivity contribution in [2.75, 3.05) is 0 Å². The second-order valence-electron chi connectivity index (χ2n) is 8.54. The zero-order valence-electron chi connectivity index (χ0n) is 20.0. The molecular formula is C30H20Br2Cl4O2S. The van der Waals surface area contributed by atoms with Gasteiger partial charge in [0.05, 0.1) is 20.1 Å². The molecule has 0 bridgehead atoms. The van der Waals surface area contributed by atoms with Gasteiger partial charge in [-0.05, 0) is 58.7 Å². The van der Waals surface area contributed by atoms with E-state index < -0.39 is 20.3 Å². The lowest BCUT2D eigenvalue weighted by molar-refractivity contribution is 0.584. The first-order valence-corrected chi connectivity index (χ1v) is 16.3. The van der Waals surface area contributed by atoms with Gasteiger partial charge in [-0.25, -0.2) is 8.42 Å². The van der Waals surface area contributed by atoms with Gasteiger partial charge < -0.3 is 0 Å². The summed E-state index contributed by atoms with van der Waals surface area (Å²) in [5.74, 6) is 0. The predicted octanol–water partition coefficient (Wildman–Crippen LogP) is 11.4. The van der Waals surface area contributed by atoms with Crippen molar-refractivity contribution in [3.63, 3.8) is 0 Å². The Balaban J connectivity index is 1.87. The highest BCUT2D eigenvalue weighted by Gasteiger charge is 2.33. The van der Waals surface area contributed by atoms with E-state index in [-0.39, 0.29) is 0 Å². The smallest absolute Gasteiger partial charge is 0.171 e. The summed E-state index contributed by atoms with van der Waals surface area (Å²) in [5.41, 5.74) is 2.43. The van der Waals surface area contributed by atoms with Crippen molar-refractivity contribution in [3.8, 4) is 0 Å². The van der Waals surface area contributed by atoms with Gasteiger partial charge >= 0.3 is 0 Å². The lowest BCUT2D eigenvalue weighted by atomic mass is 10.1. The highest BCUT2D eigenvalue weighted by molar-refractivity contribution is 9.10. The minimum atomic E-state index is -3.94. The van der Waals surface area contributed by atoms with Crippen LogP contribution in [0.2, 0.25) is 20.1 Å². The molecule has 0 radical (unpaired) electrons. The predicted molar refractivity (Wildman–Crippen MR) is 174 cm³/mol. The van der Waals surface area contributed by atoms with Crippen LogP contribution in [0.1, 0.15) is 32.8 Å². The molecular weight excluding hydrogens is 726 g/mol. The lowest BCUT2D eigenvalue weighted by Gasteiger charge is -2.22. The van der Waals surface area contributed by atoms with Crippen LogP contribution in [0.15, 0.2) is 106 Å². The summed E-state index contributed by atoms with van der Waals surface area (Å²) in [5, 5.41) is -0.543. The van der Waals surface area contributed by atoms with Crippen LogP contribution in [-0.4, -0.2) is 8.42 Å². The fourth-order valence-corrected chi connectivity index (χ4v) is 7.22. The Hall–Kier alpha value is -1.57. The van der Waals surface area contributed by atoms with Crippen LogP contribution in [0.5, 0.6) is 0 Å². The van der Waals surface area contributed by atoms with Crippen LogP contribution in [0.3, 0.4) is 0 Å². The molecule has 0 amide bonds. The fraction of sp³-hybridized carbons (Fsp3) is 0.0667. The summed E-state index contributed by atoms with van der Waals surface area (Å²) in [6.45, 7) is 0. The summed E-state index contributed by atoms with van der Waals surface area (Å²) in [6.07, 6.45) is 6.66. The molecule has 0 spiro atoms. The van der Waals surface area contributed by atoms with E-state index in [4.69, 9.17) is 46.4 Å². The number of benzene rings is 4. The molecule has 0 saturated heterocycles. The molecule has 2 unspecified atom stereocenters. The van der Waals surface area contributed by atoms with Gasteiger partial charge in [0.25, 0.3) is 0 Å². The van der Waals surface area contributed by atoms with Crippen molar-refractivity contribution in [2.45, 2.75) is 10.5 Å². The number of rotatable bonds is 8. The van der Waals surface area contributed by atoms with Crippen LogP contribution in [0, 0.1) is 0 Å². The summed E-state index contributed by atoms with van der Waals surface area (Å²) in [6, 6.07) is 24.8. The summed E-state index contributed by atoms with van der Waals surface area (Å²) in [4.78, 5) is 0. The van der Waals surface area contributed by atoms with Crippen LogP contribution >= 0.6 is 78.3 Å². The molecule has 0 aliphatic carbocycles. The van der Waals surface area contributed by atoms with E-state index in [0.717, 1.165) is 8.95 Å². The summed E-state index contributed by atoms with van der Waals surface area (Å²) in [7, 11) is -3.94. The fourth-order valence-electron chi connectivity index (χ4n) is 3.96. The van der Waals surface area contributed by atoms with Crippen molar-refractivity contribution in [1.82, 2.24) is 0 Å². The normalized spacial score (nSPS) is 13.7. The molecule has 0 heterocycles. The second-order valence-corrected chi connectivity index (χ2v) is 14.1. The Bertz CT molecular complexity index is 1520. The third kappa shape index (κ3) is 7.39. The maximum atomic E-state index is 14.5. The molecule has 9 heteroatoms. The average Bonchev–Trinajstić information content (AvgIpc) is 2.91. The molecule has 0 aliphatic heterocycles. The third-order valence-corrected chi connectivity index (χ3v) is 11.0. The van der Waals surface area contributed by atoms with Crippen LogP contribution in [0.25, 0.3) is 12.2 Å². The molecule has 4 aromatic carbocycles. The molecule has 2 nitrogen and oxygen atoms in total. The van der Waals surface area contributed by atoms with E-state index in [1.165, 1.54) is 0 Å². The van der Waals surface area contributed by atoms with Gasteiger partial charge in [-0.1, -0.05) is 151 Å². The van der Waals surface area contributed by atoms with Crippen LogP contribution in [0.4, 0.5) is 0 Å². The van der Waals surface area contributed by atoms with Crippen LogP contribution < -0.4 is 0 Å². The van der Waals surface area contributed by atoms with Crippen LogP contribution in [-0.2, 0) is 9.84 Å². The number of halogens is 6. The Morgan fingerprint density at radius 1 is 0.564 bits per heavy atom. The van der Waals surface area contributed by atoms with Gasteiger partial charge in [-0.2, -0.15) is 0 Å². The summed E-state index contributed by atoms with van der Waals surface area (Å²) >= 11 is 32.1. The molecule has 0 aliphatic rings. The van der Waals surface area contributed by atoms with E-state index in [2.05, 4.69) is 31.9 Å². The van der Waals surface area contributed by atoms with E-state index in [0.29, 0.717) is 42.3 Å². The molecule has 2 atom stereocenters. The van der Waals surface area contributed by atoms with Gasteiger partial charge in [-0.3, -0.25) is 0 Å². The van der Waals surface area contributed by atoms with Crippen molar-refractivity contribution in [2.24, 2.45) is 0 Å². The zero-order chi connectivity index (χ0) is 28.2.